The lowest BCUT2D eigenvalue weighted by atomic mass is 10.1. The summed E-state index contributed by atoms with van der Waals surface area (Å²) in [6.07, 6.45) is 0.0849. The third kappa shape index (κ3) is 6.07. The maximum atomic E-state index is 10.5. The van der Waals surface area contributed by atoms with Gasteiger partial charge in [-0.3, -0.25) is 10.1 Å². The van der Waals surface area contributed by atoms with Crippen LogP contribution >= 0.6 is 0 Å². The lowest BCUT2D eigenvalue weighted by Crippen LogP contribution is -2.23. The van der Waals surface area contributed by atoms with Crippen molar-refractivity contribution in [1.29, 1.82) is 0 Å². The van der Waals surface area contributed by atoms with E-state index in [-0.39, 0.29) is 12.3 Å². The molecule has 1 atom stereocenters. The minimum absolute atomic E-state index is 0.00920. The molecular weight excluding hydrogens is 264 g/mol. The molecule has 0 saturated heterocycles. The second-order valence-electron chi connectivity index (χ2n) is 4.26. The SMILES string of the molecule is O=[N+]([O-])c1ccc(C(O)CNCCCOCCO)cc1. The highest BCUT2D eigenvalue weighted by Gasteiger charge is 2.09. The first-order chi connectivity index (χ1) is 9.65. The van der Waals surface area contributed by atoms with Gasteiger partial charge in [0.1, 0.15) is 0 Å². The largest absolute Gasteiger partial charge is 0.394 e. The molecule has 0 fully saturated rings. The van der Waals surface area contributed by atoms with Crippen LogP contribution in [0.1, 0.15) is 18.1 Å². The maximum Gasteiger partial charge on any atom is 0.269 e. The monoisotopic (exact) mass is 284 g/mol. The molecule has 112 valence electrons. The zero-order valence-electron chi connectivity index (χ0n) is 11.2. The first-order valence-electron chi connectivity index (χ1n) is 6.47. The van der Waals surface area contributed by atoms with Crippen LogP contribution < -0.4 is 5.32 Å². The number of hydrogen-bond donors (Lipinski definition) is 3. The predicted molar refractivity (Wildman–Crippen MR) is 73.4 cm³/mol. The number of benzene rings is 1. The summed E-state index contributed by atoms with van der Waals surface area (Å²) in [5.74, 6) is 0. The van der Waals surface area contributed by atoms with Gasteiger partial charge in [0.25, 0.3) is 5.69 Å². The van der Waals surface area contributed by atoms with Crippen LogP contribution in [0.25, 0.3) is 0 Å². The molecule has 0 bridgehead atoms. The van der Waals surface area contributed by atoms with Gasteiger partial charge in [-0.05, 0) is 30.7 Å². The molecule has 3 N–H and O–H groups in total. The molecule has 7 nitrogen and oxygen atoms in total. The standard InChI is InChI=1S/C13H20N2O5/c16-7-9-20-8-1-6-14-10-13(17)11-2-4-12(5-3-11)15(18)19/h2-5,13-14,16-17H,1,6-10H2. The van der Waals surface area contributed by atoms with E-state index in [4.69, 9.17) is 9.84 Å². The van der Waals surface area contributed by atoms with E-state index in [0.29, 0.717) is 31.9 Å². The van der Waals surface area contributed by atoms with E-state index in [1.54, 1.807) is 12.1 Å². The zero-order valence-corrected chi connectivity index (χ0v) is 11.2. The third-order valence-electron chi connectivity index (χ3n) is 2.70. The van der Waals surface area contributed by atoms with Crippen LogP contribution in [0.3, 0.4) is 0 Å². The summed E-state index contributed by atoms with van der Waals surface area (Å²) in [7, 11) is 0. The Morgan fingerprint density at radius 1 is 1.30 bits per heavy atom. The fraction of sp³-hybridized carbons (Fsp3) is 0.538. The van der Waals surface area contributed by atoms with Crippen molar-refractivity contribution in [3.05, 3.63) is 39.9 Å². The highest BCUT2D eigenvalue weighted by Crippen LogP contribution is 2.17. The van der Waals surface area contributed by atoms with Crippen LogP contribution in [0.4, 0.5) is 5.69 Å². The molecule has 0 aliphatic carbocycles. The summed E-state index contributed by atoms with van der Waals surface area (Å²) in [6, 6.07) is 5.85. The van der Waals surface area contributed by atoms with Gasteiger partial charge in [-0.15, -0.1) is 0 Å². The molecule has 0 amide bonds. The van der Waals surface area contributed by atoms with Crippen molar-refractivity contribution < 1.29 is 19.9 Å². The number of nitrogens with zero attached hydrogens (tertiary/aromatic N) is 1. The van der Waals surface area contributed by atoms with E-state index in [9.17, 15) is 15.2 Å². The average Bonchev–Trinajstić information content (AvgIpc) is 2.46. The fourth-order valence-electron chi connectivity index (χ4n) is 1.64. The van der Waals surface area contributed by atoms with Crippen molar-refractivity contribution in [2.75, 3.05) is 32.9 Å². The van der Waals surface area contributed by atoms with E-state index in [0.717, 1.165) is 6.42 Å². The fourth-order valence-corrected chi connectivity index (χ4v) is 1.64. The van der Waals surface area contributed by atoms with Gasteiger partial charge in [-0.2, -0.15) is 0 Å². The number of non-ortho nitro benzene ring substituents is 1. The van der Waals surface area contributed by atoms with Gasteiger partial charge in [0.15, 0.2) is 0 Å². The number of rotatable bonds is 10. The van der Waals surface area contributed by atoms with Crippen molar-refractivity contribution in [3.63, 3.8) is 0 Å². The summed E-state index contributed by atoms with van der Waals surface area (Å²) >= 11 is 0. The molecule has 0 spiro atoms. The molecule has 1 aromatic rings. The summed E-state index contributed by atoms with van der Waals surface area (Å²) in [6.45, 7) is 1.98. The van der Waals surface area contributed by atoms with E-state index in [1.807, 2.05) is 0 Å². The number of hydrogen-bond acceptors (Lipinski definition) is 6. The molecular formula is C13H20N2O5. The second-order valence-corrected chi connectivity index (χ2v) is 4.26. The molecule has 0 radical (unpaired) electrons. The Kier molecular flexibility index (Phi) is 7.74. The Bertz CT molecular complexity index is 396. The molecule has 0 aliphatic rings. The summed E-state index contributed by atoms with van der Waals surface area (Å²) in [5.41, 5.74) is 0.648. The van der Waals surface area contributed by atoms with Gasteiger partial charge in [-0.1, -0.05) is 0 Å². The van der Waals surface area contributed by atoms with Gasteiger partial charge in [-0.25, -0.2) is 0 Å². The second kappa shape index (κ2) is 9.38. The van der Waals surface area contributed by atoms with Crippen molar-refractivity contribution in [2.24, 2.45) is 0 Å². The lowest BCUT2D eigenvalue weighted by molar-refractivity contribution is -0.384. The number of aliphatic hydroxyl groups excluding tert-OH is 2. The van der Waals surface area contributed by atoms with E-state index in [1.165, 1.54) is 12.1 Å². The highest BCUT2D eigenvalue weighted by atomic mass is 16.6. The quantitative estimate of drug-likeness (QED) is 0.330. The van der Waals surface area contributed by atoms with Crippen molar-refractivity contribution in [3.8, 4) is 0 Å². The molecule has 0 saturated carbocycles. The van der Waals surface area contributed by atoms with Crippen LogP contribution in [0.15, 0.2) is 24.3 Å². The molecule has 1 aromatic carbocycles. The van der Waals surface area contributed by atoms with Crippen LogP contribution in [-0.2, 0) is 4.74 Å². The number of aliphatic hydroxyl groups is 2. The van der Waals surface area contributed by atoms with Gasteiger partial charge in [0.2, 0.25) is 0 Å². The molecule has 20 heavy (non-hydrogen) atoms. The zero-order chi connectivity index (χ0) is 14.8. The number of ether oxygens (including phenoxy) is 1. The van der Waals surface area contributed by atoms with Gasteiger partial charge in [0.05, 0.1) is 24.2 Å². The normalized spacial score (nSPS) is 12.3. The summed E-state index contributed by atoms with van der Waals surface area (Å²) in [5, 5.41) is 32.0. The van der Waals surface area contributed by atoms with E-state index >= 15 is 0 Å². The molecule has 1 unspecified atom stereocenters. The van der Waals surface area contributed by atoms with Gasteiger partial charge < -0.3 is 20.3 Å². The third-order valence-corrected chi connectivity index (χ3v) is 2.70. The van der Waals surface area contributed by atoms with Crippen molar-refractivity contribution >= 4 is 5.69 Å². The Morgan fingerprint density at radius 3 is 2.60 bits per heavy atom. The topological polar surface area (TPSA) is 105 Å². The van der Waals surface area contributed by atoms with E-state index in [2.05, 4.69) is 5.32 Å². The average molecular weight is 284 g/mol. The molecule has 7 heteroatoms. The Morgan fingerprint density at radius 2 is 2.00 bits per heavy atom. The minimum Gasteiger partial charge on any atom is -0.394 e. The van der Waals surface area contributed by atoms with Crippen LogP contribution in [0.5, 0.6) is 0 Å². The van der Waals surface area contributed by atoms with Crippen LogP contribution in [-0.4, -0.2) is 48.0 Å². The van der Waals surface area contributed by atoms with Crippen molar-refractivity contribution in [1.82, 2.24) is 5.32 Å². The van der Waals surface area contributed by atoms with Crippen LogP contribution in [0.2, 0.25) is 0 Å². The highest BCUT2D eigenvalue weighted by molar-refractivity contribution is 5.33. The van der Waals surface area contributed by atoms with Gasteiger partial charge in [0, 0.05) is 25.3 Å². The Balaban J connectivity index is 2.22. The van der Waals surface area contributed by atoms with E-state index < -0.39 is 11.0 Å². The first kappa shape index (κ1) is 16.5. The first-order valence-corrected chi connectivity index (χ1v) is 6.47. The molecule has 0 aromatic heterocycles. The minimum atomic E-state index is -0.700. The number of nitrogens with one attached hydrogen (secondary N) is 1. The number of nitro groups is 1. The lowest BCUT2D eigenvalue weighted by Gasteiger charge is -2.12. The predicted octanol–water partition coefficient (Wildman–Crippen LogP) is 0.617. The maximum absolute atomic E-state index is 10.5. The molecule has 0 heterocycles. The van der Waals surface area contributed by atoms with Crippen molar-refractivity contribution in [2.45, 2.75) is 12.5 Å². The Labute approximate surface area is 117 Å². The van der Waals surface area contributed by atoms with Gasteiger partial charge >= 0.3 is 0 Å². The molecule has 0 aliphatic heterocycles. The smallest absolute Gasteiger partial charge is 0.269 e. The summed E-state index contributed by atoms with van der Waals surface area (Å²) in [4.78, 5) is 10.0. The number of nitro benzene ring substituents is 1. The Hall–Kier alpha value is -1.54. The van der Waals surface area contributed by atoms with Crippen LogP contribution in [0, 0.1) is 10.1 Å². The summed E-state index contributed by atoms with van der Waals surface area (Å²) < 4.78 is 5.09. The molecule has 1 rings (SSSR count).